The molecule has 0 radical (unpaired) electrons. The molecule has 2 aromatic rings. The fourth-order valence-electron chi connectivity index (χ4n) is 4.27. The van der Waals surface area contributed by atoms with Crippen LogP contribution in [0.1, 0.15) is 103 Å². The van der Waals surface area contributed by atoms with Crippen LogP contribution < -0.4 is 0 Å². The van der Waals surface area contributed by atoms with Crippen LogP contribution in [-0.2, 0) is 27.2 Å². The van der Waals surface area contributed by atoms with Crippen LogP contribution in [0.5, 0.6) is 0 Å². The SMILES string of the molecule is CC(C)(CCCCCCc1ccccc1)C(=O)O.COC(=O)C(C)(C)CCCCCCc1ccccc1. The van der Waals surface area contributed by atoms with Gasteiger partial charge in [0.2, 0.25) is 0 Å². The second-order valence-electron chi connectivity index (χ2n) is 11.4. The van der Waals surface area contributed by atoms with Crippen molar-refractivity contribution in [2.24, 2.45) is 10.8 Å². The summed E-state index contributed by atoms with van der Waals surface area (Å²) in [6.07, 6.45) is 13.2. The molecule has 4 nitrogen and oxygen atoms in total. The minimum absolute atomic E-state index is 0.100. The highest BCUT2D eigenvalue weighted by Crippen LogP contribution is 2.26. The van der Waals surface area contributed by atoms with Crippen molar-refractivity contribution in [3.8, 4) is 0 Å². The number of esters is 1. The van der Waals surface area contributed by atoms with Crippen LogP contribution in [0.25, 0.3) is 0 Å². The van der Waals surface area contributed by atoms with Crippen molar-refractivity contribution in [2.45, 2.75) is 105 Å². The van der Waals surface area contributed by atoms with Crippen LogP contribution in [0.15, 0.2) is 60.7 Å². The van der Waals surface area contributed by atoms with Gasteiger partial charge >= 0.3 is 11.9 Å². The first-order chi connectivity index (χ1) is 17.6. The summed E-state index contributed by atoms with van der Waals surface area (Å²) in [5.74, 6) is -0.788. The lowest BCUT2D eigenvalue weighted by molar-refractivity contribution is -0.151. The Morgan fingerprint density at radius 1 is 0.622 bits per heavy atom. The molecule has 0 atom stereocenters. The molecule has 0 aliphatic carbocycles. The van der Waals surface area contributed by atoms with Gasteiger partial charge in [-0.25, -0.2) is 0 Å². The molecule has 1 N–H and O–H groups in total. The van der Waals surface area contributed by atoms with Gasteiger partial charge in [0.15, 0.2) is 0 Å². The number of carboxylic acids is 1. The first-order valence-corrected chi connectivity index (χ1v) is 14.0. The zero-order valence-corrected chi connectivity index (χ0v) is 23.9. The number of carboxylic acid groups (broad SMARTS) is 1. The minimum atomic E-state index is -0.688. The third kappa shape index (κ3) is 14.6. The zero-order chi connectivity index (χ0) is 27.6. The van der Waals surface area contributed by atoms with Crippen molar-refractivity contribution in [2.75, 3.05) is 7.11 Å². The molecule has 0 spiro atoms. The van der Waals surface area contributed by atoms with E-state index in [9.17, 15) is 9.59 Å². The lowest BCUT2D eigenvalue weighted by Gasteiger charge is -2.20. The maximum atomic E-state index is 11.5. The van der Waals surface area contributed by atoms with E-state index >= 15 is 0 Å². The Morgan fingerprint density at radius 3 is 1.38 bits per heavy atom. The number of hydrogen-bond acceptors (Lipinski definition) is 3. The Balaban J connectivity index is 0.000000371. The number of aliphatic carboxylic acids is 1. The van der Waals surface area contributed by atoms with Crippen LogP contribution in [0.2, 0.25) is 0 Å². The van der Waals surface area contributed by atoms with E-state index in [1.54, 1.807) is 13.8 Å². The number of hydrogen-bond donors (Lipinski definition) is 1. The first-order valence-electron chi connectivity index (χ1n) is 14.0. The zero-order valence-electron chi connectivity index (χ0n) is 23.9. The van der Waals surface area contributed by atoms with Gasteiger partial charge in [-0.2, -0.15) is 0 Å². The van der Waals surface area contributed by atoms with E-state index in [0.717, 1.165) is 44.9 Å². The summed E-state index contributed by atoms with van der Waals surface area (Å²) in [6, 6.07) is 21.1. The topological polar surface area (TPSA) is 63.6 Å². The Hall–Kier alpha value is -2.62. The normalized spacial score (nSPS) is 11.4. The molecule has 0 aliphatic rings. The molecular formula is C33H50O4. The molecular weight excluding hydrogens is 460 g/mol. The van der Waals surface area contributed by atoms with Gasteiger partial charge in [-0.3, -0.25) is 9.59 Å². The molecule has 2 aromatic carbocycles. The van der Waals surface area contributed by atoms with Gasteiger partial charge in [-0.15, -0.1) is 0 Å². The van der Waals surface area contributed by atoms with Crippen molar-refractivity contribution >= 4 is 11.9 Å². The Morgan fingerprint density at radius 2 is 1.00 bits per heavy atom. The number of aryl methyl sites for hydroxylation is 2. The average Bonchev–Trinajstić information content (AvgIpc) is 2.89. The van der Waals surface area contributed by atoms with Crippen LogP contribution in [0, 0.1) is 10.8 Å². The van der Waals surface area contributed by atoms with E-state index < -0.39 is 11.4 Å². The van der Waals surface area contributed by atoms with E-state index in [1.165, 1.54) is 50.3 Å². The number of methoxy groups -OCH3 is 1. The molecule has 0 aliphatic heterocycles. The number of ether oxygens (including phenoxy) is 1. The van der Waals surface area contributed by atoms with Gasteiger partial charge in [0, 0.05) is 0 Å². The van der Waals surface area contributed by atoms with Gasteiger partial charge in [-0.05, 0) is 77.3 Å². The molecule has 0 heterocycles. The second-order valence-corrected chi connectivity index (χ2v) is 11.4. The molecule has 2 rings (SSSR count). The monoisotopic (exact) mass is 510 g/mol. The van der Waals surface area contributed by atoms with Gasteiger partial charge in [0.25, 0.3) is 0 Å². The molecule has 0 unspecified atom stereocenters. The van der Waals surface area contributed by atoms with Gasteiger partial charge in [-0.1, -0.05) is 99.2 Å². The number of rotatable bonds is 16. The molecule has 206 valence electrons. The average molecular weight is 511 g/mol. The first kappa shape index (κ1) is 32.4. The number of unbranched alkanes of at least 4 members (excludes halogenated alkanes) is 6. The Kier molecular flexibility index (Phi) is 15.6. The van der Waals surface area contributed by atoms with Crippen molar-refractivity contribution in [1.82, 2.24) is 0 Å². The largest absolute Gasteiger partial charge is 0.481 e. The summed E-state index contributed by atoms with van der Waals surface area (Å²) in [7, 11) is 1.46. The highest BCUT2D eigenvalue weighted by Gasteiger charge is 2.27. The lowest BCUT2D eigenvalue weighted by atomic mass is 9.87. The molecule has 0 aromatic heterocycles. The lowest BCUT2D eigenvalue weighted by Crippen LogP contribution is -2.25. The van der Waals surface area contributed by atoms with Crippen molar-refractivity contribution in [3.63, 3.8) is 0 Å². The summed E-state index contributed by atoms with van der Waals surface area (Å²) in [4.78, 5) is 22.4. The third-order valence-electron chi connectivity index (χ3n) is 7.04. The van der Waals surface area contributed by atoms with Crippen LogP contribution >= 0.6 is 0 Å². The highest BCUT2D eigenvalue weighted by atomic mass is 16.5. The summed E-state index contributed by atoms with van der Waals surface area (Å²) in [6.45, 7) is 7.53. The van der Waals surface area contributed by atoms with E-state index in [-0.39, 0.29) is 11.4 Å². The summed E-state index contributed by atoms with van der Waals surface area (Å²) >= 11 is 0. The number of carbonyl (C=O) groups is 2. The van der Waals surface area contributed by atoms with Crippen molar-refractivity contribution < 1.29 is 19.4 Å². The van der Waals surface area contributed by atoms with Crippen LogP contribution in [0.3, 0.4) is 0 Å². The van der Waals surface area contributed by atoms with E-state index in [2.05, 4.69) is 54.6 Å². The predicted octanol–water partition coefficient (Wildman–Crippen LogP) is 8.67. The maximum Gasteiger partial charge on any atom is 0.311 e. The molecule has 0 saturated carbocycles. The second kappa shape index (κ2) is 17.8. The molecule has 0 saturated heterocycles. The Bertz CT molecular complexity index is 872. The van der Waals surface area contributed by atoms with Gasteiger partial charge in [0.05, 0.1) is 17.9 Å². The standard InChI is InChI=1S/C17H26O2.C16H24O2/c1-17(2,16(18)19-3)14-10-5-4-7-11-15-12-8-6-9-13-15;1-16(2,15(17)18)13-9-4-3-6-10-14-11-7-5-8-12-14/h6,8-9,12-13H,4-5,7,10-11,14H2,1-3H3;5,7-8,11-12H,3-4,6,9-10,13H2,1-2H3,(H,17,18). The number of carbonyl (C=O) groups excluding carboxylic acids is 1. The van der Waals surface area contributed by atoms with Crippen LogP contribution in [-0.4, -0.2) is 24.2 Å². The highest BCUT2D eigenvalue weighted by molar-refractivity contribution is 5.75. The smallest absolute Gasteiger partial charge is 0.311 e. The predicted molar refractivity (Wildman–Crippen MR) is 154 cm³/mol. The summed E-state index contributed by atoms with van der Waals surface area (Å²) < 4.78 is 4.81. The van der Waals surface area contributed by atoms with Crippen molar-refractivity contribution in [1.29, 1.82) is 0 Å². The number of benzene rings is 2. The van der Waals surface area contributed by atoms with Crippen LogP contribution in [0.4, 0.5) is 0 Å². The van der Waals surface area contributed by atoms with E-state index in [0.29, 0.717) is 0 Å². The van der Waals surface area contributed by atoms with Gasteiger partial charge in [0.1, 0.15) is 0 Å². The van der Waals surface area contributed by atoms with E-state index in [4.69, 9.17) is 9.84 Å². The van der Waals surface area contributed by atoms with E-state index in [1.807, 2.05) is 19.9 Å². The quantitative estimate of drug-likeness (QED) is 0.181. The third-order valence-corrected chi connectivity index (χ3v) is 7.04. The molecule has 37 heavy (non-hydrogen) atoms. The molecule has 4 heteroatoms. The van der Waals surface area contributed by atoms with Crippen molar-refractivity contribution in [3.05, 3.63) is 71.8 Å². The fourth-order valence-corrected chi connectivity index (χ4v) is 4.27. The summed E-state index contributed by atoms with van der Waals surface area (Å²) in [5, 5.41) is 8.99. The molecule has 0 bridgehead atoms. The summed E-state index contributed by atoms with van der Waals surface area (Å²) in [5.41, 5.74) is 1.90. The molecule has 0 amide bonds. The van der Waals surface area contributed by atoms with Gasteiger partial charge < -0.3 is 9.84 Å². The molecule has 0 fully saturated rings. The minimum Gasteiger partial charge on any atom is -0.481 e. The maximum absolute atomic E-state index is 11.5. The Labute approximate surface area is 225 Å². The fraction of sp³-hybridized carbons (Fsp3) is 0.576.